The number of nitrogens with zero attached hydrogens (tertiary/aromatic N) is 5. The molecule has 0 bridgehead atoms. The number of hydrogen-bond donors (Lipinski definition) is 0. The van der Waals surface area contributed by atoms with Crippen LogP contribution in [0.2, 0.25) is 0 Å². The minimum atomic E-state index is -0.395. The third-order valence-corrected chi connectivity index (χ3v) is 3.99. The van der Waals surface area contributed by atoms with Gasteiger partial charge < -0.3 is 4.90 Å². The molecule has 0 N–H and O–H groups in total. The van der Waals surface area contributed by atoms with E-state index in [0.717, 1.165) is 24.2 Å². The molecule has 1 aromatic carbocycles. The third-order valence-electron chi connectivity index (χ3n) is 3.99. The van der Waals surface area contributed by atoms with Crippen molar-refractivity contribution in [2.24, 2.45) is 0 Å². The first-order chi connectivity index (χ1) is 10.5. The maximum atomic E-state index is 11.1. The van der Waals surface area contributed by atoms with Crippen LogP contribution in [0.3, 0.4) is 0 Å². The smallest absolute Gasteiger partial charge is 0.274 e. The molecular formula is C15H15N5O2. The van der Waals surface area contributed by atoms with E-state index in [1.54, 1.807) is 23.7 Å². The fourth-order valence-corrected chi connectivity index (χ4v) is 2.78. The van der Waals surface area contributed by atoms with Crippen molar-refractivity contribution in [1.29, 1.82) is 5.26 Å². The standard InChI is InChI=1S/C15H15N5O2/c1-10-3-4-11(7-15(10)20(21)22)19-14-5-6-18(2)9-12(14)13(8-16)17-19/h3-4,7H,5-6,9H2,1-2H3. The number of nitro groups is 1. The summed E-state index contributed by atoms with van der Waals surface area (Å²) in [4.78, 5) is 12.9. The third kappa shape index (κ3) is 2.23. The van der Waals surface area contributed by atoms with Gasteiger partial charge in [-0.2, -0.15) is 10.4 Å². The maximum Gasteiger partial charge on any atom is 0.274 e. The van der Waals surface area contributed by atoms with Crippen molar-refractivity contribution in [2.75, 3.05) is 13.6 Å². The second-order valence-corrected chi connectivity index (χ2v) is 5.51. The van der Waals surface area contributed by atoms with E-state index in [1.807, 2.05) is 7.05 Å². The molecule has 0 saturated heterocycles. The monoisotopic (exact) mass is 297 g/mol. The molecule has 7 heteroatoms. The van der Waals surface area contributed by atoms with Crippen molar-refractivity contribution >= 4 is 5.69 Å². The van der Waals surface area contributed by atoms with Crippen LogP contribution in [-0.2, 0) is 13.0 Å². The van der Waals surface area contributed by atoms with Crippen LogP contribution in [0.15, 0.2) is 18.2 Å². The van der Waals surface area contributed by atoms with Gasteiger partial charge in [0, 0.05) is 36.7 Å². The van der Waals surface area contributed by atoms with E-state index >= 15 is 0 Å². The van der Waals surface area contributed by atoms with Gasteiger partial charge in [-0.3, -0.25) is 10.1 Å². The van der Waals surface area contributed by atoms with E-state index in [4.69, 9.17) is 0 Å². The number of fused-ring (bicyclic) bond motifs is 1. The molecule has 0 aliphatic carbocycles. The van der Waals surface area contributed by atoms with Crippen molar-refractivity contribution in [2.45, 2.75) is 19.9 Å². The molecule has 7 nitrogen and oxygen atoms in total. The maximum absolute atomic E-state index is 11.1. The van der Waals surface area contributed by atoms with Crippen LogP contribution in [0.25, 0.3) is 5.69 Å². The first-order valence-electron chi connectivity index (χ1n) is 6.96. The quantitative estimate of drug-likeness (QED) is 0.624. The number of aryl methyl sites for hydroxylation is 1. The van der Waals surface area contributed by atoms with E-state index in [0.29, 0.717) is 23.5 Å². The molecule has 1 aliphatic heterocycles. The number of nitro benzene ring substituents is 1. The summed E-state index contributed by atoms with van der Waals surface area (Å²) in [7, 11) is 2.00. The Hall–Kier alpha value is -2.72. The summed E-state index contributed by atoms with van der Waals surface area (Å²) in [5.74, 6) is 0. The Morgan fingerprint density at radius 3 is 2.91 bits per heavy atom. The van der Waals surface area contributed by atoms with Gasteiger partial charge in [0.1, 0.15) is 6.07 Å². The highest BCUT2D eigenvalue weighted by Gasteiger charge is 2.24. The molecule has 22 heavy (non-hydrogen) atoms. The topological polar surface area (TPSA) is 88.0 Å². The summed E-state index contributed by atoms with van der Waals surface area (Å²) in [5.41, 5.74) is 3.57. The van der Waals surface area contributed by atoms with Gasteiger partial charge in [-0.05, 0) is 20.0 Å². The van der Waals surface area contributed by atoms with Crippen LogP contribution in [0.4, 0.5) is 5.69 Å². The minimum absolute atomic E-state index is 0.0631. The molecule has 0 unspecified atom stereocenters. The van der Waals surface area contributed by atoms with Gasteiger partial charge in [0.2, 0.25) is 0 Å². The van der Waals surface area contributed by atoms with E-state index in [1.165, 1.54) is 6.07 Å². The summed E-state index contributed by atoms with van der Waals surface area (Å²) >= 11 is 0. The highest BCUT2D eigenvalue weighted by Crippen LogP contribution is 2.27. The van der Waals surface area contributed by atoms with Crippen LogP contribution in [0, 0.1) is 28.4 Å². The molecule has 0 spiro atoms. The number of nitriles is 1. The first kappa shape index (κ1) is 14.2. The predicted molar refractivity (Wildman–Crippen MR) is 79.7 cm³/mol. The highest BCUT2D eigenvalue weighted by atomic mass is 16.6. The van der Waals surface area contributed by atoms with Gasteiger partial charge in [0.05, 0.1) is 16.3 Å². The fourth-order valence-electron chi connectivity index (χ4n) is 2.78. The number of hydrogen-bond acceptors (Lipinski definition) is 5. The average Bonchev–Trinajstić information content (AvgIpc) is 2.85. The molecule has 2 heterocycles. The Balaban J connectivity index is 2.16. The van der Waals surface area contributed by atoms with Crippen LogP contribution in [0.1, 0.15) is 22.5 Å². The van der Waals surface area contributed by atoms with Gasteiger partial charge >= 0.3 is 0 Å². The molecule has 0 amide bonds. The zero-order chi connectivity index (χ0) is 15.9. The summed E-state index contributed by atoms with van der Waals surface area (Å²) in [6.45, 7) is 3.25. The van der Waals surface area contributed by atoms with Crippen molar-refractivity contribution in [3.05, 3.63) is 50.8 Å². The average molecular weight is 297 g/mol. The van der Waals surface area contributed by atoms with Gasteiger partial charge in [0.25, 0.3) is 5.69 Å². The SMILES string of the molecule is Cc1ccc(-n2nc(C#N)c3c2CCN(C)C3)cc1[N+](=O)[O-]. The molecule has 0 atom stereocenters. The Bertz CT molecular complexity index is 803. The number of rotatable bonds is 2. The summed E-state index contributed by atoms with van der Waals surface area (Å²) in [5, 5.41) is 24.7. The molecular weight excluding hydrogens is 282 g/mol. The van der Waals surface area contributed by atoms with Crippen LogP contribution >= 0.6 is 0 Å². The highest BCUT2D eigenvalue weighted by molar-refractivity contribution is 5.51. The Morgan fingerprint density at radius 2 is 2.23 bits per heavy atom. The summed E-state index contributed by atoms with van der Waals surface area (Å²) < 4.78 is 1.67. The second kappa shape index (κ2) is 5.24. The Labute approximate surface area is 127 Å². The van der Waals surface area contributed by atoms with Crippen LogP contribution in [0.5, 0.6) is 0 Å². The molecule has 0 radical (unpaired) electrons. The van der Waals surface area contributed by atoms with Gasteiger partial charge in [-0.1, -0.05) is 6.07 Å². The minimum Gasteiger partial charge on any atom is -0.302 e. The molecule has 3 rings (SSSR count). The lowest BCUT2D eigenvalue weighted by atomic mass is 10.1. The molecule has 0 fully saturated rings. The summed E-state index contributed by atoms with van der Waals surface area (Å²) in [6.07, 6.45) is 0.766. The van der Waals surface area contributed by atoms with Crippen molar-refractivity contribution in [3.8, 4) is 11.8 Å². The Morgan fingerprint density at radius 1 is 1.45 bits per heavy atom. The van der Waals surface area contributed by atoms with Gasteiger partial charge in [0.15, 0.2) is 5.69 Å². The van der Waals surface area contributed by atoms with E-state index in [2.05, 4.69) is 16.1 Å². The molecule has 1 aromatic heterocycles. The number of aromatic nitrogens is 2. The lowest BCUT2D eigenvalue weighted by Crippen LogP contribution is -2.27. The normalized spacial score (nSPS) is 14.4. The second-order valence-electron chi connectivity index (χ2n) is 5.51. The summed E-state index contributed by atoms with van der Waals surface area (Å²) in [6, 6.07) is 7.15. The van der Waals surface area contributed by atoms with Crippen LogP contribution < -0.4 is 0 Å². The molecule has 1 aliphatic rings. The largest absolute Gasteiger partial charge is 0.302 e. The van der Waals surface area contributed by atoms with Crippen LogP contribution in [-0.4, -0.2) is 33.2 Å². The number of likely N-dealkylation sites (N-methyl/N-ethyl adjacent to an activating group) is 1. The zero-order valence-electron chi connectivity index (χ0n) is 12.4. The molecule has 112 valence electrons. The fraction of sp³-hybridized carbons (Fsp3) is 0.333. The van der Waals surface area contributed by atoms with E-state index in [-0.39, 0.29) is 5.69 Å². The lowest BCUT2D eigenvalue weighted by molar-refractivity contribution is -0.385. The molecule has 2 aromatic rings. The lowest BCUT2D eigenvalue weighted by Gasteiger charge is -2.23. The van der Waals surface area contributed by atoms with Gasteiger partial charge in [-0.25, -0.2) is 4.68 Å². The number of benzene rings is 1. The van der Waals surface area contributed by atoms with E-state index in [9.17, 15) is 15.4 Å². The molecule has 0 saturated carbocycles. The Kier molecular flexibility index (Phi) is 3.39. The zero-order valence-corrected chi connectivity index (χ0v) is 12.4. The predicted octanol–water partition coefficient (Wildman–Crippen LogP) is 1.95. The van der Waals surface area contributed by atoms with Crippen molar-refractivity contribution in [1.82, 2.24) is 14.7 Å². The van der Waals surface area contributed by atoms with Crippen molar-refractivity contribution in [3.63, 3.8) is 0 Å². The first-order valence-corrected chi connectivity index (χ1v) is 6.96. The van der Waals surface area contributed by atoms with Crippen molar-refractivity contribution < 1.29 is 4.92 Å². The van der Waals surface area contributed by atoms with E-state index < -0.39 is 4.92 Å². The van der Waals surface area contributed by atoms with Gasteiger partial charge in [-0.15, -0.1) is 0 Å².